The van der Waals surface area contributed by atoms with Crippen LogP contribution in [0.4, 0.5) is 10.5 Å². The lowest BCUT2D eigenvalue weighted by molar-refractivity contribution is 0.0960. The van der Waals surface area contributed by atoms with Crippen molar-refractivity contribution >= 4 is 46.1 Å². The van der Waals surface area contributed by atoms with E-state index in [9.17, 15) is 9.59 Å². The van der Waals surface area contributed by atoms with Gasteiger partial charge in [0.1, 0.15) is 18.1 Å². The van der Waals surface area contributed by atoms with Crippen molar-refractivity contribution in [2.45, 2.75) is 18.8 Å². The Morgan fingerprint density at radius 3 is 2.62 bits per heavy atom. The molecule has 1 atom stereocenters. The van der Waals surface area contributed by atoms with Crippen molar-refractivity contribution in [2.75, 3.05) is 64.7 Å². The van der Waals surface area contributed by atoms with E-state index in [1.165, 1.54) is 4.90 Å². The van der Waals surface area contributed by atoms with Crippen molar-refractivity contribution in [2.24, 2.45) is 5.73 Å². The number of benzene rings is 2. The zero-order valence-corrected chi connectivity index (χ0v) is 23.9. The van der Waals surface area contributed by atoms with Gasteiger partial charge in [0.15, 0.2) is 5.76 Å². The molecule has 5 rings (SSSR count). The number of ether oxygens (including phenoxy) is 2. The van der Waals surface area contributed by atoms with Crippen LogP contribution >= 0.6 is 11.6 Å². The molecule has 2 aliphatic rings. The Morgan fingerprint density at radius 1 is 1.12 bits per heavy atom. The third-order valence-electron chi connectivity index (χ3n) is 7.33. The molecule has 0 spiro atoms. The fourth-order valence-corrected chi connectivity index (χ4v) is 5.48. The van der Waals surface area contributed by atoms with Crippen molar-refractivity contribution in [3.05, 3.63) is 64.8 Å². The molecule has 40 heavy (non-hydrogen) atoms. The maximum Gasteiger partial charge on any atom is 0.415 e. The van der Waals surface area contributed by atoms with Crippen molar-refractivity contribution in [3.63, 3.8) is 0 Å². The van der Waals surface area contributed by atoms with E-state index in [1.807, 2.05) is 44.4 Å². The highest BCUT2D eigenvalue weighted by atomic mass is 35.5. The molecule has 2 N–H and O–H groups in total. The van der Waals surface area contributed by atoms with Gasteiger partial charge in [-0.2, -0.15) is 0 Å². The van der Waals surface area contributed by atoms with Crippen molar-refractivity contribution in [1.29, 1.82) is 0 Å². The van der Waals surface area contributed by atoms with Crippen LogP contribution in [0.3, 0.4) is 0 Å². The molecule has 1 aliphatic heterocycles. The number of amides is 2. The zero-order valence-electron chi connectivity index (χ0n) is 23.1. The quantitative estimate of drug-likeness (QED) is 0.376. The first-order valence-electron chi connectivity index (χ1n) is 13.5. The summed E-state index contributed by atoms with van der Waals surface area (Å²) in [6.45, 7) is 2.50. The second-order valence-corrected chi connectivity index (χ2v) is 10.8. The maximum atomic E-state index is 13.9. The molecule has 0 saturated carbocycles. The monoisotopic (exact) mass is 566 g/mol. The largest absolute Gasteiger partial charge is 0.497 e. The number of hydrogen-bond acceptors (Lipinski definition) is 7. The van der Waals surface area contributed by atoms with Gasteiger partial charge in [0, 0.05) is 74.9 Å². The van der Waals surface area contributed by atoms with Gasteiger partial charge in [-0.25, -0.2) is 4.79 Å². The minimum absolute atomic E-state index is 0.0867. The summed E-state index contributed by atoms with van der Waals surface area (Å²) in [6, 6.07) is 11.2. The van der Waals surface area contributed by atoms with Gasteiger partial charge in [0.2, 0.25) is 0 Å². The molecule has 0 fully saturated rings. The number of alkyl halides is 1. The van der Waals surface area contributed by atoms with Crippen LogP contribution in [0.1, 0.15) is 39.8 Å². The fourth-order valence-electron chi connectivity index (χ4n) is 5.23. The highest BCUT2D eigenvalue weighted by Crippen LogP contribution is 2.46. The van der Waals surface area contributed by atoms with E-state index in [0.717, 1.165) is 46.4 Å². The van der Waals surface area contributed by atoms with Crippen LogP contribution in [0.15, 0.2) is 46.6 Å². The van der Waals surface area contributed by atoms with Crippen LogP contribution in [0.2, 0.25) is 0 Å². The number of anilines is 1. The Balaban J connectivity index is 1.47. The molecule has 0 saturated heterocycles. The van der Waals surface area contributed by atoms with Crippen LogP contribution in [0.5, 0.6) is 5.75 Å². The Hall–Kier alpha value is -3.53. The topological polar surface area (TPSA) is 101 Å². The van der Waals surface area contributed by atoms with Gasteiger partial charge < -0.3 is 34.3 Å². The summed E-state index contributed by atoms with van der Waals surface area (Å²) < 4.78 is 17.8. The molecule has 3 aromatic rings. The Bertz CT molecular complexity index is 1450. The van der Waals surface area contributed by atoms with E-state index in [4.69, 9.17) is 31.2 Å². The molecular weight excluding hydrogens is 532 g/mol. The maximum absolute atomic E-state index is 13.9. The summed E-state index contributed by atoms with van der Waals surface area (Å²) in [4.78, 5) is 31.8. The minimum atomic E-state index is -0.519. The molecule has 1 aromatic heterocycles. The number of carbonyl (C=O) groups is 2. The van der Waals surface area contributed by atoms with Crippen molar-refractivity contribution < 1.29 is 23.5 Å². The summed E-state index contributed by atoms with van der Waals surface area (Å²) in [6.07, 6.45) is 2.83. The second-order valence-electron chi connectivity index (χ2n) is 10.4. The van der Waals surface area contributed by atoms with Crippen LogP contribution in [0, 0.1) is 0 Å². The number of likely N-dealkylation sites (N-methyl/N-ethyl adjacent to an activating group) is 2. The van der Waals surface area contributed by atoms with Crippen LogP contribution in [0.25, 0.3) is 16.8 Å². The molecular formula is C30H35ClN4O5. The first kappa shape index (κ1) is 28.0. The number of rotatable bonds is 9. The van der Waals surface area contributed by atoms with Gasteiger partial charge in [0.05, 0.1) is 11.4 Å². The third kappa shape index (κ3) is 5.54. The summed E-state index contributed by atoms with van der Waals surface area (Å²) in [5.74, 6) is 2.28. The lowest BCUT2D eigenvalue weighted by Crippen LogP contribution is -2.34. The van der Waals surface area contributed by atoms with Crippen molar-refractivity contribution in [3.8, 4) is 5.75 Å². The van der Waals surface area contributed by atoms with Gasteiger partial charge in [-0.3, -0.25) is 4.79 Å². The van der Waals surface area contributed by atoms with E-state index in [-0.39, 0.29) is 17.6 Å². The molecule has 9 nitrogen and oxygen atoms in total. The molecule has 0 bridgehead atoms. The summed E-state index contributed by atoms with van der Waals surface area (Å²) in [5, 5.41) is 1.67. The minimum Gasteiger partial charge on any atom is -0.497 e. The van der Waals surface area contributed by atoms with Crippen molar-refractivity contribution in [1.82, 2.24) is 9.80 Å². The number of hydrogen-bond donors (Lipinski definition) is 1. The number of nitrogens with two attached hydrogens (primary N) is 1. The molecule has 2 heterocycles. The fraction of sp³-hybridized carbons (Fsp3) is 0.400. The third-order valence-corrected chi connectivity index (χ3v) is 7.70. The molecule has 212 valence electrons. The smallest absolute Gasteiger partial charge is 0.415 e. The number of furan rings is 1. The van der Waals surface area contributed by atoms with Gasteiger partial charge >= 0.3 is 6.09 Å². The second kappa shape index (κ2) is 11.9. The highest BCUT2D eigenvalue weighted by Gasteiger charge is 2.37. The van der Waals surface area contributed by atoms with Gasteiger partial charge in [-0.05, 0) is 37.2 Å². The van der Waals surface area contributed by atoms with Gasteiger partial charge in [-0.15, -0.1) is 11.6 Å². The van der Waals surface area contributed by atoms with E-state index in [0.29, 0.717) is 50.0 Å². The lowest BCUT2D eigenvalue weighted by atomic mass is 9.95. The summed E-state index contributed by atoms with van der Waals surface area (Å²) in [7, 11) is 5.65. The summed E-state index contributed by atoms with van der Waals surface area (Å²) in [5.41, 5.74) is 8.09. The highest BCUT2D eigenvalue weighted by molar-refractivity contribution is 6.19. The zero-order chi connectivity index (χ0) is 28.4. The number of nitrogens with zero attached hydrogens (tertiary/aromatic N) is 3. The normalized spacial score (nSPS) is 16.1. The Kier molecular flexibility index (Phi) is 8.35. The number of allylic oxidation sites excluding steroid dienone is 1. The van der Waals surface area contributed by atoms with Crippen LogP contribution < -0.4 is 15.4 Å². The molecule has 10 heteroatoms. The van der Waals surface area contributed by atoms with E-state index in [1.54, 1.807) is 24.1 Å². The number of halogens is 1. The first-order valence-corrected chi connectivity index (χ1v) is 14.0. The van der Waals surface area contributed by atoms with Crippen LogP contribution in [-0.4, -0.2) is 81.6 Å². The molecule has 0 radical (unpaired) electrons. The van der Waals surface area contributed by atoms with Gasteiger partial charge in [-0.1, -0.05) is 24.3 Å². The number of carbonyl (C=O) groups excluding carboxylic acids is 2. The predicted molar refractivity (Wildman–Crippen MR) is 156 cm³/mol. The molecule has 0 unspecified atom stereocenters. The predicted octanol–water partition coefficient (Wildman–Crippen LogP) is 4.67. The SMILES string of the molecule is CN(C)CCOC1=Cc2cc(C(=O)N3C[C@@H](CCl)c4c3cc(OC(=O)N(C)CCN)c3ccccc43)oc2CC1. The number of fused-ring (bicyclic) bond motifs is 4. The average Bonchev–Trinajstić information content (AvgIpc) is 3.54. The Labute approximate surface area is 239 Å². The Morgan fingerprint density at radius 2 is 1.90 bits per heavy atom. The molecule has 2 aromatic carbocycles. The molecule has 1 aliphatic carbocycles. The van der Waals surface area contributed by atoms with E-state index in [2.05, 4.69) is 4.90 Å². The van der Waals surface area contributed by atoms with E-state index >= 15 is 0 Å². The van der Waals surface area contributed by atoms with Gasteiger partial charge in [0.25, 0.3) is 5.91 Å². The standard InChI is InChI=1S/C30H35ClN4O5/c1-33(2)12-13-38-21-8-9-25-19(14-21)15-27(39-25)29(36)35-18-20(17-31)28-23-7-5-4-6-22(23)26(16-24(28)35)40-30(37)34(3)11-10-32/h4-7,14-16,20H,8-13,17-18,32H2,1-3H3/t20-/m1/s1. The first-order chi connectivity index (χ1) is 19.3. The number of aryl methyl sites for hydroxylation is 1. The summed E-state index contributed by atoms with van der Waals surface area (Å²) >= 11 is 6.42. The average molecular weight is 567 g/mol. The van der Waals surface area contributed by atoms with Crippen LogP contribution in [-0.2, 0) is 11.2 Å². The van der Waals surface area contributed by atoms with E-state index < -0.39 is 6.09 Å². The lowest BCUT2D eigenvalue weighted by Gasteiger charge is -2.20. The molecule has 2 amide bonds.